The highest BCUT2D eigenvalue weighted by atomic mass is 14.9. The number of anilines is 1. The molecule has 0 saturated heterocycles. The van der Waals surface area contributed by atoms with Gasteiger partial charge in [-0.2, -0.15) is 0 Å². The number of hydrogen-bond acceptors (Lipinski definition) is 4. The van der Waals surface area contributed by atoms with Gasteiger partial charge >= 0.3 is 0 Å². The molecule has 0 bridgehead atoms. The summed E-state index contributed by atoms with van der Waals surface area (Å²) in [6.45, 7) is 2.15. The number of aryl methyl sites for hydroxylation is 1. The average molecular weight is 256 g/mol. The van der Waals surface area contributed by atoms with Gasteiger partial charge in [0.15, 0.2) is 0 Å². The van der Waals surface area contributed by atoms with Gasteiger partial charge in [0.1, 0.15) is 5.82 Å². The van der Waals surface area contributed by atoms with Gasteiger partial charge in [0.05, 0.1) is 0 Å². The summed E-state index contributed by atoms with van der Waals surface area (Å²) in [4.78, 5) is 8.22. The van der Waals surface area contributed by atoms with Gasteiger partial charge in [0.2, 0.25) is 0 Å². The van der Waals surface area contributed by atoms with Crippen molar-refractivity contribution in [3.05, 3.63) is 53.5 Å². The van der Waals surface area contributed by atoms with E-state index >= 15 is 0 Å². The lowest BCUT2D eigenvalue weighted by atomic mass is 9.95. The molecule has 3 N–H and O–H groups in total. The molecule has 0 aliphatic heterocycles. The van der Waals surface area contributed by atoms with Crippen LogP contribution in [0.4, 0.5) is 5.82 Å². The molecule has 100 valence electrons. The second-order valence-electron chi connectivity index (χ2n) is 4.56. The van der Waals surface area contributed by atoms with Crippen molar-refractivity contribution in [3.8, 4) is 0 Å². The molecule has 0 aliphatic carbocycles. The number of pyridine rings is 2. The van der Waals surface area contributed by atoms with Crippen LogP contribution in [0.3, 0.4) is 0 Å². The number of aromatic nitrogens is 2. The first kappa shape index (κ1) is 13.5. The monoisotopic (exact) mass is 256 g/mol. The van der Waals surface area contributed by atoms with E-state index in [-0.39, 0.29) is 6.04 Å². The van der Waals surface area contributed by atoms with Crippen molar-refractivity contribution in [1.82, 2.24) is 15.3 Å². The van der Waals surface area contributed by atoms with E-state index in [1.54, 1.807) is 6.20 Å². The standard InChI is InChI=1S/C15H20N4/c1-3-12-10-18-6-5-13(12)14(17-2)8-11-4-7-19-15(16)9-11/h4-7,9-10,14,17H,3,8H2,1-2H3,(H2,16,19). The fourth-order valence-corrected chi connectivity index (χ4v) is 2.30. The molecule has 0 aromatic carbocycles. The van der Waals surface area contributed by atoms with Crippen molar-refractivity contribution >= 4 is 5.82 Å². The second kappa shape index (κ2) is 6.29. The topological polar surface area (TPSA) is 63.8 Å². The van der Waals surface area contributed by atoms with Crippen LogP contribution in [0.1, 0.15) is 29.7 Å². The third-order valence-corrected chi connectivity index (χ3v) is 3.33. The summed E-state index contributed by atoms with van der Waals surface area (Å²) in [7, 11) is 1.98. The van der Waals surface area contributed by atoms with E-state index in [1.165, 1.54) is 16.7 Å². The van der Waals surface area contributed by atoms with E-state index in [0.717, 1.165) is 12.8 Å². The van der Waals surface area contributed by atoms with Gasteiger partial charge in [-0.3, -0.25) is 4.98 Å². The maximum atomic E-state index is 5.73. The summed E-state index contributed by atoms with van der Waals surface area (Å²) in [5.41, 5.74) is 9.50. The number of likely N-dealkylation sites (N-methyl/N-ethyl adjacent to an activating group) is 1. The fourth-order valence-electron chi connectivity index (χ4n) is 2.30. The summed E-state index contributed by atoms with van der Waals surface area (Å²) in [5, 5.41) is 3.37. The van der Waals surface area contributed by atoms with Crippen LogP contribution >= 0.6 is 0 Å². The number of hydrogen-bond donors (Lipinski definition) is 2. The molecule has 0 fully saturated rings. The first-order valence-corrected chi connectivity index (χ1v) is 6.55. The molecule has 0 saturated carbocycles. The zero-order chi connectivity index (χ0) is 13.7. The third-order valence-electron chi connectivity index (χ3n) is 3.33. The molecule has 1 unspecified atom stereocenters. The highest BCUT2D eigenvalue weighted by Gasteiger charge is 2.13. The van der Waals surface area contributed by atoms with Crippen molar-refractivity contribution in [2.45, 2.75) is 25.8 Å². The number of nitrogens with zero attached hydrogens (tertiary/aromatic N) is 2. The lowest BCUT2D eigenvalue weighted by Gasteiger charge is -2.19. The quantitative estimate of drug-likeness (QED) is 0.860. The van der Waals surface area contributed by atoms with Crippen LogP contribution in [-0.2, 0) is 12.8 Å². The molecule has 4 nitrogen and oxygen atoms in total. The Morgan fingerprint density at radius 1 is 1.32 bits per heavy atom. The molecule has 4 heteroatoms. The summed E-state index contributed by atoms with van der Waals surface area (Å²) in [6.07, 6.45) is 7.42. The average Bonchev–Trinajstić information content (AvgIpc) is 2.45. The minimum Gasteiger partial charge on any atom is -0.384 e. The number of nitrogens with two attached hydrogens (primary N) is 1. The molecule has 0 aliphatic rings. The smallest absolute Gasteiger partial charge is 0.123 e. The van der Waals surface area contributed by atoms with Gasteiger partial charge in [-0.25, -0.2) is 4.98 Å². The molecule has 0 radical (unpaired) electrons. The lowest BCUT2D eigenvalue weighted by molar-refractivity contribution is 0.585. The molecule has 2 aromatic heterocycles. The van der Waals surface area contributed by atoms with Crippen LogP contribution in [0, 0.1) is 0 Å². The van der Waals surface area contributed by atoms with Crippen LogP contribution in [0.2, 0.25) is 0 Å². The Bertz CT molecular complexity index is 539. The predicted molar refractivity (Wildman–Crippen MR) is 77.8 cm³/mol. The zero-order valence-electron chi connectivity index (χ0n) is 11.4. The Morgan fingerprint density at radius 3 is 2.84 bits per heavy atom. The molecular weight excluding hydrogens is 236 g/mol. The van der Waals surface area contributed by atoms with Crippen molar-refractivity contribution in [3.63, 3.8) is 0 Å². The molecule has 2 heterocycles. The maximum Gasteiger partial charge on any atom is 0.123 e. The first-order chi connectivity index (χ1) is 9.24. The molecule has 0 amide bonds. The molecule has 19 heavy (non-hydrogen) atoms. The van der Waals surface area contributed by atoms with Crippen molar-refractivity contribution in [1.29, 1.82) is 0 Å². The van der Waals surface area contributed by atoms with Crippen molar-refractivity contribution in [2.24, 2.45) is 0 Å². The summed E-state index contributed by atoms with van der Waals surface area (Å²) in [6, 6.07) is 6.29. The van der Waals surface area contributed by atoms with E-state index in [9.17, 15) is 0 Å². The fraction of sp³-hybridized carbons (Fsp3) is 0.333. The van der Waals surface area contributed by atoms with E-state index < -0.39 is 0 Å². The number of nitrogens with one attached hydrogen (secondary N) is 1. The molecule has 1 atom stereocenters. The van der Waals surface area contributed by atoms with Gasteiger partial charge in [-0.05, 0) is 54.8 Å². The number of rotatable bonds is 5. The summed E-state index contributed by atoms with van der Waals surface area (Å²) in [5.74, 6) is 0.567. The van der Waals surface area contributed by atoms with Gasteiger partial charge in [0.25, 0.3) is 0 Å². The van der Waals surface area contributed by atoms with Crippen molar-refractivity contribution < 1.29 is 0 Å². The maximum absolute atomic E-state index is 5.73. The molecule has 2 aromatic rings. The van der Waals surface area contributed by atoms with E-state index in [2.05, 4.69) is 28.3 Å². The largest absolute Gasteiger partial charge is 0.384 e. The third kappa shape index (κ3) is 3.29. The zero-order valence-corrected chi connectivity index (χ0v) is 11.4. The van der Waals surface area contributed by atoms with Crippen LogP contribution < -0.4 is 11.1 Å². The highest BCUT2D eigenvalue weighted by molar-refractivity contribution is 5.34. The van der Waals surface area contributed by atoms with Gasteiger partial charge in [-0.1, -0.05) is 6.92 Å². The summed E-state index contributed by atoms with van der Waals surface area (Å²) < 4.78 is 0. The second-order valence-corrected chi connectivity index (χ2v) is 4.56. The Balaban J connectivity index is 2.25. The molecular formula is C15H20N4. The minimum absolute atomic E-state index is 0.264. The SMILES string of the molecule is CCc1cnccc1C(Cc1ccnc(N)c1)NC. The van der Waals surface area contributed by atoms with Crippen LogP contribution in [0.15, 0.2) is 36.8 Å². The number of nitrogen functional groups attached to an aromatic ring is 1. The van der Waals surface area contributed by atoms with Gasteiger partial charge in [-0.15, -0.1) is 0 Å². The highest BCUT2D eigenvalue weighted by Crippen LogP contribution is 2.22. The van der Waals surface area contributed by atoms with Crippen LogP contribution in [0.5, 0.6) is 0 Å². The lowest BCUT2D eigenvalue weighted by Crippen LogP contribution is -2.20. The van der Waals surface area contributed by atoms with E-state index in [0.29, 0.717) is 5.82 Å². The first-order valence-electron chi connectivity index (χ1n) is 6.55. The minimum atomic E-state index is 0.264. The predicted octanol–water partition coefficient (Wildman–Crippen LogP) is 2.12. The van der Waals surface area contributed by atoms with E-state index in [1.807, 2.05) is 31.6 Å². The Hall–Kier alpha value is -1.94. The Kier molecular flexibility index (Phi) is 4.47. The van der Waals surface area contributed by atoms with Crippen LogP contribution in [-0.4, -0.2) is 17.0 Å². The van der Waals surface area contributed by atoms with Gasteiger partial charge in [0, 0.05) is 24.6 Å². The van der Waals surface area contributed by atoms with Crippen LogP contribution in [0.25, 0.3) is 0 Å². The van der Waals surface area contributed by atoms with E-state index in [4.69, 9.17) is 5.73 Å². The molecule has 2 rings (SSSR count). The van der Waals surface area contributed by atoms with Gasteiger partial charge < -0.3 is 11.1 Å². The molecule has 0 spiro atoms. The summed E-state index contributed by atoms with van der Waals surface area (Å²) >= 11 is 0. The van der Waals surface area contributed by atoms with Crippen molar-refractivity contribution in [2.75, 3.05) is 12.8 Å². The Labute approximate surface area is 114 Å². The normalized spacial score (nSPS) is 12.3. The Morgan fingerprint density at radius 2 is 2.16 bits per heavy atom.